The largest absolute Gasteiger partial charge is 0.392 e. The summed E-state index contributed by atoms with van der Waals surface area (Å²) in [6.45, 7) is 0.572. The van der Waals surface area contributed by atoms with Crippen LogP contribution >= 0.6 is 22.6 Å². The third kappa shape index (κ3) is 3.89. The number of hydrogen-bond acceptors (Lipinski definition) is 5. The lowest BCUT2D eigenvalue weighted by Gasteiger charge is -2.35. The Bertz CT molecular complexity index is 471. The third-order valence-electron chi connectivity index (χ3n) is 3.27. The second kappa shape index (κ2) is 7.32. The molecule has 1 amide bonds. The van der Waals surface area contributed by atoms with Crippen LogP contribution < -0.4 is 5.48 Å². The SMILES string of the molecule is O=C(NO)[C@H]1CC[C@@H](O)CN1OCc1ccccc1I. The first-order chi connectivity index (χ1) is 9.61. The van der Waals surface area contributed by atoms with Gasteiger partial charge >= 0.3 is 0 Å². The second-order valence-electron chi connectivity index (χ2n) is 4.69. The van der Waals surface area contributed by atoms with E-state index in [1.165, 1.54) is 5.06 Å². The Balaban J connectivity index is 2.01. The first kappa shape index (κ1) is 15.6. The predicted octanol–water partition coefficient (Wildman–Crippen LogP) is 1.05. The summed E-state index contributed by atoms with van der Waals surface area (Å²) in [6, 6.07) is 7.21. The summed E-state index contributed by atoms with van der Waals surface area (Å²) >= 11 is 2.22. The average Bonchev–Trinajstić information content (AvgIpc) is 2.46. The van der Waals surface area contributed by atoms with E-state index in [1.54, 1.807) is 5.48 Å². The minimum atomic E-state index is -0.579. The molecule has 7 heteroatoms. The molecule has 0 aromatic heterocycles. The van der Waals surface area contributed by atoms with Crippen molar-refractivity contribution in [3.05, 3.63) is 33.4 Å². The van der Waals surface area contributed by atoms with E-state index >= 15 is 0 Å². The van der Waals surface area contributed by atoms with Crippen molar-refractivity contribution in [3.63, 3.8) is 0 Å². The molecule has 0 saturated carbocycles. The molecule has 1 aromatic rings. The first-order valence-corrected chi connectivity index (χ1v) is 7.44. The summed E-state index contributed by atoms with van der Waals surface area (Å²) < 4.78 is 1.07. The number of halogens is 1. The second-order valence-corrected chi connectivity index (χ2v) is 5.85. The van der Waals surface area contributed by atoms with Crippen molar-refractivity contribution in [2.24, 2.45) is 0 Å². The van der Waals surface area contributed by atoms with Gasteiger partial charge in [-0.05, 0) is 47.1 Å². The highest BCUT2D eigenvalue weighted by Gasteiger charge is 2.33. The summed E-state index contributed by atoms with van der Waals surface area (Å²) in [6.07, 6.45) is 0.438. The van der Waals surface area contributed by atoms with E-state index in [9.17, 15) is 9.90 Å². The summed E-state index contributed by atoms with van der Waals surface area (Å²) in [5.74, 6) is -0.514. The highest BCUT2D eigenvalue weighted by atomic mass is 127. The maximum Gasteiger partial charge on any atom is 0.263 e. The topological polar surface area (TPSA) is 82.0 Å². The molecule has 0 aliphatic carbocycles. The van der Waals surface area contributed by atoms with Gasteiger partial charge in [0.15, 0.2) is 0 Å². The summed E-state index contributed by atoms with van der Waals surface area (Å²) in [7, 11) is 0. The number of aliphatic hydroxyl groups excluding tert-OH is 1. The highest BCUT2D eigenvalue weighted by Crippen LogP contribution is 2.20. The van der Waals surface area contributed by atoms with Crippen LogP contribution in [0.25, 0.3) is 0 Å². The molecule has 0 unspecified atom stereocenters. The number of carbonyl (C=O) groups is 1. The molecule has 2 rings (SSSR count). The minimum absolute atomic E-state index is 0.251. The van der Waals surface area contributed by atoms with Crippen molar-refractivity contribution >= 4 is 28.5 Å². The van der Waals surface area contributed by atoms with Gasteiger partial charge in [0.05, 0.1) is 19.3 Å². The fraction of sp³-hybridized carbons (Fsp3) is 0.462. The predicted molar refractivity (Wildman–Crippen MR) is 79.6 cm³/mol. The van der Waals surface area contributed by atoms with Crippen LogP contribution in [0.15, 0.2) is 24.3 Å². The number of hydroxylamine groups is 3. The van der Waals surface area contributed by atoms with Gasteiger partial charge in [0.2, 0.25) is 0 Å². The van der Waals surface area contributed by atoms with E-state index in [4.69, 9.17) is 10.0 Å². The Kier molecular flexibility index (Phi) is 5.73. The van der Waals surface area contributed by atoms with E-state index in [1.807, 2.05) is 24.3 Å². The van der Waals surface area contributed by atoms with Gasteiger partial charge < -0.3 is 5.11 Å². The number of benzene rings is 1. The Morgan fingerprint density at radius 3 is 2.90 bits per heavy atom. The fourth-order valence-electron chi connectivity index (χ4n) is 2.17. The lowest BCUT2D eigenvalue weighted by molar-refractivity contribution is -0.224. The van der Waals surface area contributed by atoms with Crippen LogP contribution in [0.5, 0.6) is 0 Å². The standard InChI is InChI=1S/C13H17IN2O4/c14-11-4-2-1-3-9(11)8-20-16-7-10(17)5-6-12(16)13(18)15-19/h1-4,10,12,17,19H,5-8H2,(H,15,18)/t10-,12-/m1/s1. The zero-order valence-electron chi connectivity index (χ0n) is 10.8. The number of hydrogen-bond donors (Lipinski definition) is 3. The van der Waals surface area contributed by atoms with Crippen molar-refractivity contribution in [1.82, 2.24) is 10.5 Å². The zero-order chi connectivity index (χ0) is 14.5. The van der Waals surface area contributed by atoms with Gasteiger partial charge in [-0.1, -0.05) is 18.2 Å². The van der Waals surface area contributed by atoms with E-state index in [2.05, 4.69) is 22.6 Å². The lowest BCUT2D eigenvalue weighted by atomic mass is 10.0. The molecule has 1 saturated heterocycles. The number of aliphatic hydroxyl groups is 1. The molecule has 6 nitrogen and oxygen atoms in total. The van der Waals surface area contributed by atoms with Crippen molar-refractivity contribution in [2.75, 3.05) is 6.54 Å². The van der Waals surface area contributed by atoms with Gasteiger partial charge in [-0.3, -0.25) is 14.8 Å². The number of amides is 1. The van der Waals surface area contributed by atoms with Gasteiger partial charge in [-0.2, -0.15) is 5.06 Å². The summed E-state index contributed by atoms with van der Waals surface area (Å²) in [5.41, 5.74) is 2.66. The van der Waals surface area contributed by atoms with Crippen LogP contribution in [0.2, 0.25) is 0 Å². The summed E-state index contributed by atoms with van der Waals surface area (Å²) in [5, 5.41) is 19.9. The van der Waals surface area contributed by atoms with Gasteiger partial charge in [-0.25, -0.2) is 5.48 Å². The average molecular weight is 392 g/mol. The first-order valence-electron chi connectivity index (χ1n) is 6.36. The Morgan fingerprint density at radius 1 is 1.45 bits per heavy atom. The van der Waals surface area contributed by atoms with Crippen molar-refractivity contribution in [2.45, 2.75) is 31.6 Å². The van der Waals surface area contributed by atoms with Crippen LogP contribution in [0.4, 0.5) is 0 Å². The summed E-state index contributed by atoms with van der Waals surface area (Å²) in [4.78, 5) is 17.2. The molecule has 110 valence electrons. The Morgan fingerprint density at radius 2 is 2.20 bits per heavy atom. The molecule has 0 bridgehead atoms. The molecule has 0 radical (unpaired) electrons. The smallest absolute Gasteiger partial charge is 0.263 e. The molecule has 1 heterocycles. The maximum absolute atomic E-state index is 11.6. The highest BCUT2D eigenvalue weighted by molar-refractivity contribution is 14.1. The molecule has 1 aromatic carbocycles. The quantitative estimate of drug-likeness (QED) is 0.406. The number of β-amino-alcohol motifs (C(OH)–C–C–N with tert-alkyl or cyclic N) is 1. The van der Waals surface area contributed by atoms with Crippen LogP contribution in [-0.2, 0) is 16.2 Å². The van der Waals surface area contributed by atoms with Crippen LogP contribution in [-0.4, -0.2) is 40.0 Å². The maximum atomic E-state index is 11.6. The van der Waals surface area contributed by atoms with E-state index in [0.717, 1.165) is 9.13 Å². The molecule has 1 aliphatic heterocycles. The minimum Gasteiger partial charge on any atom is -0.392 e. The van der Waals surface area contributed by atoms with Crippen LogP contribution in [0, 0.1) is 3.57 Å². The Hall–Kier alpha value is -0.740. The number of nitrogens with zero attached hydrogens (tertiary/aromatic N) is 1. The zero-order valence-corrected chi connectivity index (χ0v) is 13.0. The monoisotopic (exact) mass is 392 g/mol. The van der Waals surface area contributed by atoms with Gasteiger partial charge in [0.25, 0.3) is 5.91 Å². The molecule has 1 fully saturated rings. The van der Waals surface area contributed by atoms with Crippen molar-refractivity contribution in [1.29, 1.82) is 0 Å². The number of rotatable bonds is 4. The number of piperidine rings is 1. The molecule has 2 atom stereocenters. The normalized spacial score (nSPS) is 23.6. The molecule has 3 N–H and O–H groups in total. The molecular formula is C13H17IN2O4. The lowest BCUT2D eigenvalue weighted by Crippen LogP contribution is -2.52. The van der Waals surface area contributed by atoms with E-state index < -0.39 is 18.1 Å². The van der Waals surface area contributed by atoms with Crippen LogP contribution in [0.3, 0.4) is 0 Å². The molecule has 20 heavy (non-hydrogen) atoms. The van der Waals surface area contributed by atoms with Crippen LogP contribution in [0.1, 0.15) is 18.4 Å². The van der Waals surface area contributed by atoms with Gasteiger partial charge in [0.1, 0.15) is 6.04 Å². The van der Waals surface area contributed by atoms with Gasteiger partial charge in [0, 0.05) is 3.57 Å². The van der Waals surface area contributed by atoms with E-state index in [-0.39, 0.29) is 6.54 Å². The number of nitrogens with one attached hydrogen (secondary N) is 1. The van der Waals surface area contributed by atoms with E-state index in [0.29, 0.717) is 19.4 Å². The van der Waals surface area contributed by atoms with Crippen molar-refractivity contribution in [3.8, 4) is 0 Å². The Labute approximate surface area is 130 Å². The third-order valence-corrected chi connectivity index (χ3v) is 4.32. The van der Waals surface area contributed by atoms with Gasteiger partial charge in [-0.15, -0.1) is 0 Å². The fourth-order valence-corrected chi connectivity index (χ4v) is 2.71. The number of carbonyl (C=O) groups excluding carboxylic acids is 1. The molecular weight excluding hydrogens is 375 g/mol. The van der Waals surface area contributed by atoms with Crippen molar-refractivity contribution < 1.29 is 19.9 Å². The molecule has 0 spiro atoms. The molecule has 1 aliphatic rings.